The second-order valence-corrected chi connectivity index (χ2v) is 4.11. The lowest BCUT2D eigenvalue weighted by molar-refractivity contribution is -0.139. The standard InChI is InChI=1S/C13H15NO4/c14-12(13(15)16)10(11-7-17-8-18-11)6-9-4-2-1-3-5-9/h1-5,7,10,12H,6,8,14H2,(H,15,16). The third-order valence-electron chi connectivity index (χ3n) is 2.88. The van der Waals surface area contributed by atoms with Crippen molar-refractivity contribution in [2.45, 2.75) is 12.5 Å². The lowest BCUT2D eigenvalue weighted by Gasteiger charge is -2.20. The van der Waals surface area contributed by atoms with Crippen molar-refractivity contribution in [2.75, 3.05) is 6.79 Å². The molecule has 0 radical (unpaired) electrons. The van der Waals surface area contributed by atoms with Crippen molar-refractivity contribution in [3.63, 3.8) is 0 Å². The van der Waals surface area contributed by atoms with E-state index in [0.29, 0.717) is 12.2 Å². The van der Waals surface area contributed by atoms with Gasteiger partial charge < -0.3 is 20.3 Å². The van der Waals surface area contributed by atoms with E-state index < -0.39 is 17.9 Å². The van der Waals surface area contributed by atoms with Crippen LogP contribution in [0, 0.1) is 5.92 Å². The molecule has 96 valence electrons. The Morgan fingerprint density at radius 1 is 1.39 bits per heavy atom. The fourth-order valence-electron chi connectivity index (χ4n) is 1.89. The molecule has 1 aromatic carbocycles. The van der Waals surface area contributed by atoms with Gasteiger partial charge in [-0.25, -0.2) is 0 Å². The van der Waals surface area contributed by atoms with Crippen LogP contribution in [-0.2, 0) is 20.7 Å². The summed E-state index contributed by atoms with van der Waals surface area (Å²) in [6.07, 6.45) is 1.94. The molecule has 1 aliphatic rings. The van der Waals surface area contributed by atoms with Gasteiger partial charge in [-0.1, -0.05) is 30.3 Å². The molecule has 2 atom stereocenters. The topological polar surface area (TPSA) is 81.8 Å². The summed E-state index contributed by atoms with van der Waals surface area (Å²) in [6.45, 7) is 0.118. The van der Waals surface area contributed by atoms with E-state index in [1.807, 2.05) is 30.3 Å². The smallest absolute Gasteiger partial charge is 0.321 e. The number of ether oxygens (including phenoxy) is 2. The molecule has 0 spiro atoms. The van der Waals surface area contributed by atoms with Gasteiger partial charge in [-0.05, 0) is 12.0 Å². The summed E-state index contributed by atoms with van der Waals surface area (Å²) in [7, 11) is 0. The molecule has 18 heavy (non-hydrogen) atoms. The number of benzene rings is 1. The maximum atomic E-state index is 11.0. The van der Waals surface area contributed by atoms with Gasteiger partial charge in [-0.2, -0.15) is 0 Å². The molecule has 0 saturated carbocycles. The summed E-state index contributed by atoms with van der Waals surface area (Å²) in [5.74, 6) is -0.978. The number of hydrogen-bond donors (Lipinski definition) is 2. The first-order valence-electron chi connectivity index (χ1n) is 5.65. The summed E-state index contributed by atoms with van der Waals surface area (Å²) < 4.78 is 10.2. The minimum Gasteiger partial charge on any atom is -0.480 e. The molecule has 0 aromatic heterocycles. The summed E-state index contributed by atoms with van der Waals surface area (Å²) >= 11 is 0. The molecule has 3 N–H and O–H groups in total. The number of nitrogens with two attached hydrogens (primary N) is 1. The zero-order chi connectivity index (χ0) is 13.0. The molecule has 5 nitrogen and oxygen atoms in total. The van der Waals surface area contributed by atoms with Crippen LogP contribution in [0.5, 0.6) is 0 Å². The monoisotopic (exact) mass is 249 g/mol. The van der Waals surface area contributed by atoms with Crippen LogP contribution in [0.15, 0.2) is 42.4 Å². The van der Waals surface area contributed by atoms with E-state index in [4.69, 9.17) is 20.3 Å². The van der Waals surface area contributed by atoms with E-state index in [0.717, 1.165) is 5.56 Å². The first kappa shape index (κ1) is 12.4. The van der Waals surface area contributed by atoms with Gasteiger partial charge in [0.15, 0.2) is 0 Å². The van der Waals surface area contributed by atoms with Gasteiger partial charge in [-0.3, -0.25) is 4.79 Å². The molecule has 0 fully saturated rings. The van der Waals surface area contributed by atoms with E-state index in [1.165, 1.54) is 6.26 Å². The van der Waals surface area contributed by atoms with Gasteiger partial charge in [0, 0.05) is 5.92 Å². The third kappa shape index (κ3) is 2.81. The van der Waals surface area contributed by atoms with Gasteiger partial charge >= 0.3 is 5.97 Å². The van der Waals surface area contributed by atoms with Crippen molar-refractivity contribution in [2.24, 2.45) is 11.7 Å². The van der Waals surface area contributed by atoms with Gasteiger partial charge in [0.05, 0.1) is 0 Å². The summed E-state index contributed by atoms with van der Waals surface area (Å²) in [5, 5.41) is 9.04. The predicted octanol–water partition coefficient (Wildman–Crippen LogP) is 1.10. The van der Waals surface area contributed by atoms with Crippen LogP contribution in [0.2, 0.25) is 0 Å². The lowest BCUT2D eigenvalue weighted by Crippen LogP contribution is -2.40. The highest BCUT2D eigenvalue weighted by atomic mass is 16.7. The van der Waals surface area contributed by atoms with Crippen LogP contribution in [0.3, 0.4) is 0 Å². The second kappa shape index (κ2) is 5.55. The summed E-state index contributed by atoms with van der Waals surface area (Å²) in [4.78, 5) is 11.0. The van der Waals surface area contributed by atoms with Crippen LogP contribution >= 0.6 is 0 Å². The Morgan fingerprint density at radius 3 is 2.67 bits per heavy atom. The van der Waals surface area contributed by atoms with Crippen molar-refractivity contribution < 1.29 is 19.4 Å². The number of carboxylic acids is 1. The SMILES string of the molecule is NC(C(=O)O)C(Cc1ccccc1)C1=COCO1. The normalized spacial score (nSPS) is 17.3. The molecule has 2 rings (SSSR count). The predicted molar refractivity (Wildman–Crippen MR) is 64.4 cm³/mol. The minimum atomic E-state index is -1.05. The highest BCUT2D eigenvalue weighted by Gasteiger charge is 2.31. The zero-order valence-corrected chi connectivity index (χ0v) is 9.78. The Kier molecular flexibility index (Phi) is 3.84. The maximum Gasteiger partial charge on any atom is 0.321 e. The zero-order valence-electron chi connectivity index (χ0n) is 9.78. The van der Waals surface area contributed by atoms with Crippen molar-refractivity contribution in [1.82, 2.24) is 0 Å². The number of rotatable bonds is 5. The Morgan fingerprint density at radius 2 is 2.11 bits per heavy atom. The highest BCUT2D eigenvalue weighted by Crippen LogP contribution is 2.24. The number of hydrogen-bond acceptors (Lipinski definition) is 4. The molecular weight excluding hydrogens is 234 g/mol. The van der Waals surface area contributed by atoms with Crippen molar-refractivity contribution in [3.05, 3.63) is 47.9 Å². The quantitative estimate of drug-likeness (QED) is 0.816. The average Bonchev–Trinajstić information content (AvgIpc) is 2.90. The minimum absolute atomic E-state index is 0.118. The summed E-state index contributed by atoms with van der Waals surface area (Å²) in [5.41, 5.74) is 6.72. The Bertz CT molecular complexity index is 444. The van der Waals surface area contributed by atoms with E-state index in [2.05, 4.69) is 0 Å². The third-order valence-corrected chi connectivity index (χ3v) is 2.88. The molecule has 1 aliphatic heterocycles. The van der Waals surface area contributed by atoms with E-state index in [-0.39, 0.29) is 6.79 Å². The fraction of sp³-hybridized carbons (Fsp3) is 0.308. The Hall–Kier alpha value is -2.01. The van der Waals surface area contributed by atoms with Crippen LogP contribution in [0.4, 0.5) is 0 Å². The number of carbonyl (C=O) groups is 1. The first-order chi connectivity index (χ1) is 8.68. The molecular formula is C13H15NO4. The molecule has 5 heteroatoms. The first-order valence-corrected chi connectivity index (χ1v) is 5.65. The van der Waals surface area contributed by atoms with Crippen molar-refractivity contribution >= 4 is 5.97 Å². The van der Waals surface area contributed by atoms with E-state index in [1.54, 1.807) is 0 Å². The van der Waals surface area contributed by atoms with Crippen LogP contribution in [0.25, 0.3) is 0 Å². The molecule has 1 heterocycles. The average molecular weight is 249 g/mol. The molecule has 0 amide bonds. The Balaban J connectivity index is 2.17. The number of aliphatic carboxylic acids is 1. The maximum absolute atomic E-state index is 11.0. The van der Waals surface area contributed by atoms with Gasteiger partial charge in [0.2, 0.25) is 6.79 Å². The molecule has 2 unspecified atom stereocenters. The van der Waals surface area contributed by atoms with E-state index in [9.17, 15) is 4.79 Å². The largest absolute Gasteiger partial charge is 0.480 e. The molecule has 0 bridgehead atoms. The van der Waals surface area contributed by atoms with Crippen LogP contribution in [-0.4, -0.2) is 23.9 Å². The Labute approximate surface area is 105 Å². The second-order valence-electron chi connectivity index (χ2n) is 4.11. The fourth-order valence-corrected chi connectivity index (χ4v) is 1.89. The van der Waals surface area contributed by atoms with Crippen LogP contribution in [0.1, 0.15) is 5.56 Å². The highest BCUT2D eigenvalue weighted by molar-refractivity contribution is 5.74. The lowest BCUT2D eigenvalue weighted by atomic mass is 9.91. The van der Waals surface area contributed by atoms with Gasteiger partial charge in [0.1, 0.15) is 18.1 Å². The van der Waals surface area contributed by atoms with E-state index >= 15 is 0 Å². The molecule has 0 aliphatic carbocycles. The molecule has 1 aromatic rings. The number of carboxylic acid groups (broad SMARTS) is 1. The van der Waals surface area contributed by atoms with Crippen molar-refractivity contribution in [3.8, 4) is 0 Å². The summed E-state index contributed by atoms with van der Waals surface area (Å²) in [6, 6.07) is 8.55. The van der Waals surface area contributed by atoms with Crippen molar-refractivity contribution in [1.29, 1.82) is 0 Å². The van der Waals surface area contributed by atoms with Gasteiger partial charge in [0.25, 0.3) is 0 Å². The molecule has 0 saturated heterocycles. The van der Waals surface area contributed by atoms with Crippen LogP contribution < -0.4 is 5.73 Å². The van der Waals surface area contributed by atoms with Gasteiger partial charge in [-0.15, -0.1) is 0 Å².